The number of anilines is 1. The highest BCUT2D eigenvalue weighted by atomic mass is 32.2. The third kappa shape index (κ3) is 2.49. The van der Waals surface area contributed by atoms with Crippen LogP contribution in [0, 0.1) is 11.3 Å². The lowest BCUT2D eigenvalue weighted by atomic mass is 9.83. The Bertz CT molecular complexity index is 587. The Morgan fingerprint density at radius 2 is 2.28 bits per heavy atom. The quantitative estimate of drug-likeness (QED) is 0.911. The molecular formula is C13H16N2O2S. The third-order valence-corrected chi connectivity index (χ3v) is 4.60. The van der Waals surface area contributed by atoms with Crippen LogP contribution in [0.25, 0.3) is 0 Å². The average Bonchev–Trinajstić information content (AvgIpc) is 2.38. The molecule has 0 fully saturated rings. The molecular weight excluding hydrogens is 248 g/mol. The molecule has 0 spiro atoms. The Labute approximate surface area is 108 Å². The first-order chi connectivity index (χ1) is 8.57. The SMILES string of the molecule is CCS(=O)(=O)Nc1cccc2c1CCCC2C#N. The van der Waals surface area contributed by atoms with Gasteiger partial charge in [0.15, 0.2) is 0 Å². The molecule has 0 saturated heterocycles. The summed E-state index contributed by atoms with van der Waals surface area (Å²) in [5.41, 5.74) is 2.58. The molecule has 1 atom stereocenters. The molecule has 4 nitrogen and oxygen atoms in total. The van der Waals surface area contributed by atoms with Gasteiger partial charge in [-0.3, -0.25) is 4.72 Å². The van der Waals surface area contributed by atoms with E-state index < -0.39 is 10.0 Å². The highest BCUT2D eigenvalue weighted by molar-refractivity contribution is 7.92. The maximum atomic E-state index is 11.6. The van der Waals surface area contributed by atoms with E-state index in [0.717, 1.165) is 30.4 Å². The van der Waals surface area contributed by atoms with Gasteiger partial charge in [-0.1, -0.05) is 12.1 Å². The standard InChI is InChI=1S/C13H16N2O2S/c1-2-18(16,17)15-13-8-4-6-11-10(9-14)5-3-7-12(11)13/h4,6,8,10,15H,2-3,5,7H2,1H3. The molecule has 1 aliphatic carbocycles. The summed E-state index contributed by atoms with van der Waals surface area (Å²) in [4.78, 5) is 0. The molecule has 0 aromatic heterocycles. The zero-order chi connectivity index (χ0) is 13.2. The largest absolute Gasteiger partial charge is 0.283 e. The molecule has 1 aromatic rings. The topological polar surface area (TPSA) is 70.0 Å². The maximum absolute atomic E-state index is 11.6. The third-order valence-electron chi connectivity index (χ3n) is 3.31. The lowest BCUT2D eigenvalue weighted by molar-refractivity contribution is 0.601. The second-order valence-electron chi connectivity index (χ2n) is 4.45. The van der Waals surface area contributed by atoms with E-state index >= 15 is 0 Å². The van der Waals surface area contributed by atoms with Crippen molar-refractivity contribution in [3.05, 3.63) is 29.3 Å². The molecule has 0 radical (unpaired) electrons. The molecule has 1 N–H and O–H groups in total. The van der Waals surface area contributed by atoms with Gasteiger partial charge in [0.05, 0.1) is 23.4 Å². The predicted molar refractivity (Wildman–Crippen MR) is 70.8 cm³/mol. The maximum Gasteiger partial charge on any atom is 0.232 e. The number of hydrogen-bond acceptors (Lipinski definition) is 3. The molecule has 18 heavy (non-hydrogen) atoms. The predicted octanol–water partition coefficient (Wildman–Crippen LogP) is 2.39. The molecule has 0 heterocycles. The Morgan fingerprint density at radius 1 is 1.50 bits per heavy atom. The Hall–Kier alpha value is -1.54. The highest BCUT2D eigenvalue weighted by Gasteiger charge is 2.23. The van der Waals surface area contributed by atoms with Gasteiger partial charge in [0.2, 0.25) is 10.0 Å². The van der Waals surface area contributed by atoms with Crippen LogP contribution in [0.5, 0.6) is 0 Å². The summed E-state index contributed by atoms with van der Waals surface area (Å²) >= 11 is 0. The van der Waals surface area contributed by atoms with E-state index in [1.807, 2.05) is 12.1 Å². The second-order valence-corrected chi connectivity index (χ2v) is 6.46. The first-order valence-corrected chi connectivity index (χ1v) is 7.74. The first kappa shape index (κ1) is 12.9. The summed E-state index contributed by atoms with van der Waals surface area (Å²) in [6.07, 6.45) is 2.61. The summed E-state index contributed by atoms with van der Waals surface area (Å²) in [7, 11) is -3.26. The molecule has 5 heteroatoms. The van der Waals surface area contributed by atoms with Gasteiger partial charge in [-0.15, -0.1) is 0 Å². The van der Waals surface area contributed by atoms with Crippen LogP contribution in [0.1, 0.15) is 36.8 Å². The highest BCUT2D eigenvalue weighted by Crippen LogP contribution is 2.35. The van der Waals surface area contributed by atoms with Crippen molar-refractivity contribution in [3.63, 3.8) is 0 Å². The molecule has 0 saturated carbocycles. The van der Waals surface area contributed by atoms with Crippen LogP contribution in [0.3, 0.4) is 0 Å². The molecule has 96 valence electrons. The number of rotatable bonds is 3. The summed E-state index contributed by atoms with van der Waals surface area (Å²) in [6.45, 7) is 1.61. The van der Waals surface area contributed by atoms with Crippen molar-refractivity contribution < 1.29 is 8.42 Å². The van der Waals surface area contributed by atoms with Crippen LogP contribution in [0.2, 0.25) is 0 Å². The van der Waals surface area contributed by atoms with Crippen LogP contribution in [-0.4, -0.2) is 14.2 Å². The fourth-order valence-corrected chi connectivity index (χ4v) is 2.99. The zero-order valence-corrected chi connectivity index (χ0v) is 11.1. The molecule has 0 bridgehead atoms. The number of hydrogen-bond donors (Lipinski definition) is 1. The van der Waals surface area contributed by atoms with Crippen molar-refractivity contribution >= 4 is 15.7 Å². The van der Waals surface area contributed by atoms with Crippen LogP contribution in [0.15, 0.2) is 18.2 Å². The minimum atomic E-state index is -3.26. The van der Waals surface area contributed by atoms with Crippen LogP contribution in [0.4, 0.5) is 5.69 Å². The number of fused-ring (bicyclic) bond motifs is 1. The second kappa shape index (κ2) is 4.99. The summed E-state index contributed by atoms with van der Waals surface area (Å²) < 4.78 is 25.9. The lowest BCUT2D eigenvalue weighted by Gasteiger charge is -2.23. The fourth-order valence-electron chi connectivity index (χ4n) is 2.32. The van der Waals surface area contributed by atoms with Crippen molar-refractivity contribution in [2.24, 2.45) is 0 Å². The minimum absolute atomic E-state index is 0.0539. The van der Waals surface area contributed by atoms with E-state index in [1.165, 1.54) is 0 Å². The fraction of sp³-hybridized carbons (Fsp3) is 0.462. The number of nitrogens with zero attached hydrogens (tertiary/aromatic N) is 1. The van der Waals surface area contributed by atoms with E-state index in [9.17, 15) is 8.42 Å². The van der Waals surface area contributed by atoms with Gasteiger partial charge in [-0.2, -0.15) is 5.26 Å². The van der Waals surface area contributed by atoms with Crippen molar-refractivity contribution in [2.45, 2.75) is 32.1 Å². The average molecular weight is 264 g/mol. The first-order valence-electron chi connectivity index (χ1n) is 6.09. The van der Waals surface area contributed by atoms with E-state index in [4.69, 9.17) is 5.26 Å². The molecule has 0 aliphatic heterocycles. The van der Waals surface area contributed by atoms with E-state index in [0.29, 0.717) is 5.69 Å². The number of nitriles is 1. The van der Waals surface area contributed by atoms with Crippen LogP contribution in [-0.2, 0) is 16.4 Å². The Balaban J connectivity index is 2.43. The summed E-state index contributed by atoms with van der Waals surface area (Å²) in [5.74, 6) is -0.0574. The monoisotopic (exact) mass is 264 g/mol. The normalized spacial score (nSPS) is 18.8. The van der Waals surface area contributed by atoms with Crippen LogP contribution >= 0.6 is 0 Å². The van der Waals surface area contributed by atoms with E-state index in [1.54, 1.807) is 13.0 Å². The number of sulfonamides is 1. The number of nitrogens with one attached hydrogen (secondary N) is 1. The van der Waals surface area contributed by atoms with E-state index in [2.05, 4.69) is 10.8 Å². The van der Waals surface area contributed by atoms with Gasteiger partial charge >= 0.3 is 0 Å². The lowest BCUT2D eigenvalue weighted by Crippen LogP contribution is -2.18. The molecule has 1 aliphatic rings. The Morgan fingerprint density at radius 3 is 2.94 bits per heavy atom. The van der Waals surface area contributed by atoms with Gasteiger partial charge < -0.3 is 0 Å². The van der Waals surface area contributed by atoms with Crippen molar-refractivity contribution in [2.75, 3.05) is 10.5 Å². The Kier molecular flexibility index (Phi) is 3.58. The van der Waals surface area contributed by atoms with E-state index in [-0.39, 0.29) is 11.7 Å². The van der Waals surface area contributed by atoms with Crippen LogP contribution < -0.4 is 4.72 Å². The summed E-state index contributed by atoms with van der Waals surface area (Å²) in [6, 6.07) is 7.79. The van der Waals surface area contributed by atoms with Crippen molar-refractivity contribution in [1.82, 2.24) is 0 Å². The summed E-state index contributed by atoms with van der Waals surface area (Å²) in [5, 5.41) is 9.12. The molecule has 1 aromatic carbocycles. The zero-order valence-electron chi connectivity index (χ0n) is 10.3. The van der Waals surface area contributed by atoms with Crippen molar-refractivity contribution in [3.8, 4) is 6.07 Å². The molecule has 0 amide bonds. The van der Waals surface area contributed by atoms with Gasteiger partial charge in [0, 0.05) is 0 Å². The molecule has 2 rings (SSSR count). The van der Waals surface area contributed by atoms with Crippen molar-refractivity contribution in [1.29, 1.82) is 5.26 Å². The van der Waals surface area contributed by atoms with Gasteiger partial charge in [0.1, 0.15) is 0 Å². The molecule has 1 unspecified atom stereocenters. The van der Waals surface area contributed by atoms with Gasteiger partial charge in [-0.05, 0) is 43.4 Å². The minimum Gasteiger partial charge on any atom is -0.283 e. The van der Waals surface area contributed by atoms with Gasteiger partial charge in [0.25, 0.3) is 0 Å². The van der Waals surface area contributed by atoms with Gasteiger partial charge in [-0.25, -0.2) is 8.42 Å². The number of benzene rings is 1. The smallest absolute Gasteiger partial charge is 0.232 e.